The van der Waals surface area contributed by atoms with Crippen LogP contribution in [-0.4, -0.2) is 41.1 Å². The van der Waals surface area contributed by atoms with E-state index in [2.05, 4.69) is 5.32 Å². The van der Waals surface area contributed by atoms with Crippen molar-refractivity contribution in [3.05, 3.63) is 114 Å². The summed E-state index contributed by atoms with van der Waals surface area (Å²) in [6.45, 7) is 5.81. The average Bonchev–Trinajstić information content (AvgIpc) is 3.11. The van der Waals surface area contributed by atoms with E-state index in [9.17, 15) is 24.3 Å². The van der Waals surface area contributed by atoms with Crippen LogP contribution >= 0.6 is 0 Å². The van der Waals surface area contributed by atoms with Crippen LogP contribution in [-0.2, 0) is 32.1 Å². The molecule has 1 atom stereocenters. The Morgan fingerprint density at radius 1 is 0.761 bits per heavy atom. The molecule has 1 aliphatic rings. The summed E-state index contributed by atoms with van der Waals surface area (Å²) < 4.78 is 5.29. The van der Waals surface area contributed by atoms with E-state index in [1.807, 2.05) is 54.6 Å². The molecule has 4 aromatic rings. The number of hydrogen-bond acceptors (Lipinski definition) is 5. The molecule has 1 heterocycles. The first-order chi connectivity index (χ1) is 22.0. The van der Waals surface area contributed by atoms with Gasteiger partial charge in [-0.2, -0.15) is 0 Å². The quantitative estimate of drug-likeness (QED) is 0.201. The molecule has 0 bridgehead atoms. The van der Waals surface area contributed by atoms with Crippen molar-refractivity contribution in [2.75, 3.05) is 16.3 Å². The maximum absolute atomic E-state index is 14.0. The highest BCUT2D eigenvalue weighted by atomic mass is 16.6. The number of nitrogens with zero attached hydrogens (tertiary/aromatic N) is 2. The highest BCUT2D eigenvalue weighted by Crippen LogP contribution is 2.40. The third-order valence-electron chi connectivity index (χ3n) is 7.59. The number of carbonyl (C=O) groups is 4. The third-order valence-corrected chi connectivity index (χ3v) is 7.59. The Morgan fingerprint density at radius 3 is 1.98 bits per heavy atom. The SMILES string of the molecule is CC(C)(C)OC(=O)NCc1ccc(N2C(=O)C(CC(=O)O)C(=O)N(CCc3ccc(-c4ccccc4)cc3)c3ccccc32)cc1. The van der Waals surface area contributed by atoms with E-state index in [0.717, 1.165) is 22.3 Å². The maximum atomic E-state index is 14.0. The number of carboxylic acid groups (broad SMARTS) is 1. The predicted octanol–water partition coefficient (Wildman–Crippen LogP) is 6.72. The summed E-state index contributed by atoms with van der Waals surface area (Å²) in [6, 6.07) is 32.2. The van der Waals surface area contributed by atoms with Crippen molar-refractivity contribution in [3.63, 3.8) is 0 Å². The minimum atomic E-state index is -1.42. The molecule has 0 spiro atoms. The molecule has 9 heteroatoms. The summed E-state index contributed by atoms with van der Waals surface area (Å²) in [6.07, 6.45) is -0.680. The number of amides is 3. The van der Waals surface area contributed by atoms with Crippen LogP contribution in [0.25, 0.3) is 11.1 Å². The lowest BCUT2D eigenvalue weighted by molar-refractivity contribution is -0.144. The van der Waals surface area contributed by atoms with Crippen LogP contribution in [0, 0.1) is 5.92 Å². The molecule has 46 heavy (non-hydrogen) atoms. The Balaban J connectivity index is 1.41. The second-order valence-corrected chi connectivity index (χ2v) is 12.1. The fourth-order valence-corrected chi connectivity index (χ4v) is 5.40. The minimum absolute atomic E-state index is 0.208. The number of ether oxygens (including phenoxy) is 1. The van der Waals surface area contributed by atoms with Crippen molar-refractivity contribution in [1.82, 2.24) is 5.32 Å². The lowest BCUT2D eigenvalue weighted by Crippen LogP contribution is -2.42. The van der Waals surface area contributed by atoms with Crippen molar-refractivity contribution in [3.8, 4) is 11.1 Å². The summed E-state index contributed by atoms with van der Waals surface area (Å²) in [7, 11) is 0. The number of nitrogens with one attached hydrogen (secondary N) is 1. The lowest BCUT2D eigenvalue weighted by Gasteiger charge is -2.26. The van der Waals surface area contributed by atoms with Crippen molar-refractivity contribution in [1.29, 1.82) is 0 Å². The topological polar surface area (TPSA) is 116 Å². The first kappa shape index (κ1) is 32.0. The lowest BCUT2D eigenvalue weighted by atomic mass is 10.0. The monoisotopic (exact) mass is 619 g/mol. The van der Waals surface area contributed by atoms with Gasteiger partial charge in [0.25, 0.3) is 0 Å². The Bertz CT molecular complexity index is 1710. The maximum Gasteiger partial charge on any atom is 0.407 e. The van der Waals surface area contributed by atoms with Gasteiger partial charge in [0, 0.05) is 18.8 Å². The van der Waals surface area contributed by atoms with Gasteiger partial charge in [0.2, 0.25) is 11.8 Å². The molecule has 0 aromatic heterocycles. The number of aliphatic carboxylic acids is 1. The van der Waals surface area contributed by atoms with Crippen LogP contribution in [0.2, 0.25) is 0 Å². The molecule has 1 unspecified atom stereocenters. The second kappa shape index (κ2) is 13.7. The molecule has 4 aromatic carbocycles. The number of benzene rings is 4. The Kier molecular flexibility index (Phi) is 9.51. The van der Waals surface area contributed by atoms with E-state index >= 15 is 0 Å². The molecule has 0 aliphatic carbocycles. The molecule has 0 saturated carbocycles. The number of carbonyl (C=O) groups excluding carboxylic acids is 3. The van der Waals surface area contributed by atoms with Gasteiger partial charge in [0.05, 0.1) is 17.8 Å². The van der Waals surface area contributed by atoms with Crippen LogP contribution in [0.1, 0.15) is 38.3 Å². The largest absolute Gasteiger partial charge is 0.481 e. The number of rotatable bonds is 9. The summed E-state index contributed by atoms with van der Waals surface area (Å²) in [4.78, 5) is 54.9. The average molecular weight is 620 g/mol. The van der Waals surface area contributed by atoms with Crippen LogP contribution in [0.5, 0.6) is 0 Å². The predicted molar refractivity (Wildman–Crippen MR) is 177 cm³/mol. The first-order valence-corrected chi connectivity index (χ1v) is 15.2. The van der Waals surface area contributed by atoms with E-state index < -0.39 is 41.8 Å². The number of alkyl carbamates (subject to hydrolysis) is 1. The van der Waals surface area contributed by atoms with Gasteiger partial charge in [-0.3, -0.25) is 19.3 Å². The number of hydrogen-bond donors (Lipinski definition) is 2. The van der Waals surface area contributed by atoms with Crippen molar-refractivity contribution < 1.29 is 29.0 Å². The van der Waals surface area contributed by atoms with Gasteiger partial charge in [-0.05, 0) is 73.7 Å². The summed E-state index contributed by atoms with van der Waals surface area (Å²) in [5.74, 6) is -3.83. The van der Waals surface area contributed by atoms with Gasteiger partial charge < -0.3 is 20.1 Å². The smallest absolute Gasteiger partial charge is 0.407 e. The highest BCUT2D eigenvalue weighted by Gasteiger charge is 2.41. The van der Waals surface area contributed by atoms with E-state index in [0.29, 0.717) is 23.5 Å². The van der Waals surface area contributed by atoms with Crippen LogP contribution < -0.4 is 15.1 Å². The van der Waals surface area contributed by atoms with Crippen molar-refractivity contribution >= 4 is 40.9 Å². The van der Waals surface area contributed by atoms with Crippen molar-refractivity contribution in [2.45, 2.75) is 45.8 Å². The standard InChI is InChI=1S/C37H37N3O6/c1-37(2,3)46-36(45)38-24-26-15-19-29(20-16-26)40-32-12-8-7-11-31(32)39(34(43)30(35(40)44)23-33(41)42)22-21-25-13-17-28(18-14-25)27-9-5-4-6-10-27/h4-20,30H,21-24H2,1-3H3,(H,38,45)(H,41,42). The molecule has 3 amide bonds. The fraction of sp³-hybridized carbons (Fsp3) is 0.243. The molecule has 0 saturated heterocycles. The molecule has 0 radical (unpaired) electrons. The second-order valence-electron chi connectivity index (χ2n) is 12.1. The fourth-order valence-electron chi connectivity index (χ4n) is 5.40. The molecular weight excluding hydrogens is 582 g/mol. The van der Waals surface area contributed by atoms with Crippen LogP contribution in [0.3, 0.4) is 0 Å². The van der Waals surface area contributed by atoms with Crippen LogP contribution in [0.15, 0.2) is 103 Å². The molecule has 236 valence electrons. The zero-order valence-corrected chi connectivity index (χ0v) is 26.1. The Labute approximate surface area is 268 Å². The van der Waals surface area contributed by atoms with Gasteiger partial charge in [0.15, 0.2) is 0 Å². The van der Waals surface area contributed by atoms with E-state index in [-0.39, 0.29) is 13.1 Å². The molecule has 0 fully saturated rings. The zero-order chi connectivity index (χ0) is 32.8. The van der Waals surface area contributed by atoms with E-state index in [1.165, 1.54) is 9.80 Å². The van der Waals surface area contributed by atoms with Crippen LogP contribution in [0.4, 0.5) is 21.9 Å². The molecule has 5 rings (SSSR count). The molecule has 2 N–H and O–H groups in total. The molecular formula is C37H37N3O6. The third kappa shape index (κ3) is 7.61. The van der Waals surface area contributed by atoms with E-state index in [1.54, 1.807) is 69.3 Å². The highest BCUT2D eigenvalue weighted by molar-refractivity contribution is 6.21. The summed E-state index contributed by atoms with van der Waals surface area (Å²) in [5.41, 5.74) is 4.80. The van der Waals surface area contributed by atoms with Gasteiger partial charge >= 0.3 is 12.1 Å². The number of carboxylic acids is 1. The molecule has 1 aliphatic heterocycles. The normalized spacial score (nSPS) is 14.8. The number of para-hydroxylation sites is 2. The van der Waals surface area contributed by atoms with Gasteiger partial charge in [-0.15, -0.1) is 0 Å². The van der Waals surface area contributed by atoms with Gasteiger partial charge in [-0.1, -0.05) is 78.9 Å². The number of anilines is 3. The minimum Gasteiger partial charge on any atom is -0.481 e. The number of fused-ring (bicyclic) bond motifs is 1. The Morgan fingerprint density at radius 2 is 1.35 bits per heavy atom. The summed E-state index contributed by atoms with van der Waals surface area (Å²) >= 11 is 0. The van der Waals surface area contributed by atoms with Gasteiger partial charge in [-0.25, -0.2) is 4.79 Å². The Hall–Kier alpha value is -5.44. The molecule has 9 nitrogen and oxygen atoms in total. The first-order valence-electron chi connectivity index (χ1n) is 15.2. The van der Waals surface area contributed by atoms with Crippen molar-refractivity contribution in [2.24, 2.45) is 5.92 Å². The van der Waals surface area contributed by atoms with Gasteiger partial charge in [0.1, 0.15) is 11.5 Å². The summed E-state index contributed by atoms with van der Waals surface area (Å²) in [5, 5.41) is 12.4. The van der Waals surface area contributed by atoms with E-state index in [4.69, 9.17) is 4.74 Å². The zero-order valence-electron chi connectivity index (χ0n) is 26.1.